The van der Waals surface area contributed by atoms with Crippen LogP contribution in [0.5, 0.6) is 0 Å². The molecule has 0 bridgehead atoms. The molecular formula is C23H24F4N4O4. The molecule has 0 saturated carbocycles. The number of nitrogens with one attached hydrogen (secondary N) is 1. The van der Waals surface area contributed by atoms with Crippen LogP contribution in [0.25, 0.3) is 0 Å². The van der Waals surface area contributed by atoms with Crippen molar-refractivity contribution < 1.29 is 32.1 Å². The lowest BCUT2D eigenvalue weighted by molar-refractivity contribution is -0.384. The Kier molecular flexibility index (Phi) is 7.61. The van der Waals surface area contributed by atoms with Gasteiger partial charge in [-0.05, 0) is 30.2 Å². The van der Waals surface area contributed by atoms with Crippen molar-refractivity contribution in [3.05, 3.63) is 69.5 Å². The number of anilines is 1. The Balaban J connectivity index is 1.71. The van der Waals surface area contributed by atoms with Crippen LogP contribution in [0.4, 0.5) is 28.9 Å². The number of piperazine rings is 1. The van der Waals surface area contributed by atoms with Gasteiger partial charge in [0.15, 0.2) is 0 Å². The fourth-order valence-corrected chi connectivity index (χ4v) is 3.86. The van der Waals surface area contributed by atoms with E-state index in [2.05, 4.69) is 5.32 Å². The van der Waals surface area contributed by atoms with Crippen molar-refractivity contribution in [1.82, 2.24) is 10.2 Å². The number of nitro groups is 1. The number of carbonyl (C=O) groups is 2. The van der Waals surface area contributed by atoms with Gasteiger partial charge in [0.25, 0.3) is 11.6 Å². The molecule has 0 radical (unpaired) electrons. The van der Waals surface area contributed by atoms with E-state index in [4.69, 9.17) is 0 Å². The van der Waals surface area contributed by atoms with Crippen LogP contribution in [0.3, 0.4) is 0 Å². The normalized spacial score (nSPS) is 15.2. The molecular weight excluding hydrogens is 472 g/mol. The molecule has 35 heavy (non-hydrogen) atoms. The highest BCUT2D eigenvalue weighted by molar-refractivity contribution is 5.97. The number of nitrogens with zero attached hydrogens (tertiary/aromatic N) is 3. The molecule has 1 fully saturated rings. The van der Waals surface area contributed by atoms with Gasteiger partial charge in [-0.3, -0.25) is 19.7 Å². The lowest BCUT2D eigenvalue weighted by atomic mass is 10.0. The van der Waals surface area contributed by atoms with Gasteiger partial charge in [0.2, 0.25) is 5.91 Å². The molecule has 12 heteroatoms. The SMILES string of the molecule is CC(C)C(NC(=O)c1ccccc1F)C(=O)N1CCN(c2ccc(C(F)(F)F)cc2[N+](=O)[O-])CC1. The van der Waals surface area contributed by atoms with Gasteiger partial charge in [-0.1, -0.05) is 26.0 Å². The fraction of sp³-hybridized carbons (Fsp3) is 0.391. The predicted octanol–water partition coefficient (Wildman–Crippen LogP) is 3.86. The molecule has 1 aliphatic heterocycles. The third-order valence-corrected chi connectivity index (χ3v) is 5.77. The maximum absolute atomic E-state index is 14.0. The second kappa shape index (κ2) is 10.3. The largest absolute Gasteiger partial charge is 0.416 e. The van der Waals surface area contributed by atoms with Crippen LogP contribution in [0.15, 0.2) is 42.5 Å². The zero-order valence-corrected chi connectivity index (χ0v) is 19.0. The zero-order valence-electron chi connectivity index (χ0n) is 19.0. The van der Waals surface area contributed by atoms with Crippen molar-refractivity contribution in [2.75, 3.05) is 31.1 Å². The molecule has 8 nitrogen and oxygen atoms in total. The van der Waals surface area contributed by atoms with E-state index < -0.39 is 46.0 Å². The number of carbonyl (C=O) groups excluding carboxylic acids is 2. The van der Waals surface area contributed by atoms with Crippen LogP contribution < -0.4 is 10.2 Å². The van der Waals surface area contributed by atoms with E-state index in [1.807, 2.05) is 0 Å². The molecule has 0 spiro atoms. The van der Waals surface area contributed by atoms with E-state index in [0.29, 0.717) is 6.07 Å². The summed E-state index contributed by atoms with van der Waals surface area (Å²) in [6.07, 6.45) is -4.71. The summed E-state index contributed by atoms with van der Waals surface area (Å²) in [5.74, 6) is -2.15. The summed E-state index contributed by atoms with van der Waals surface area (Å²) >= 11 is 0. The van der Waals surface area contributed by atoms with Crippen LogP contribution in [0.2, 0.25) is 0 Å². The molecule has 1 aliphatic rings. The van der Waals surface area contributed by atoms with Crippen molar-refractivity contribution >= 4 is 23.2 Å². The smallest absolute Gasteiger partial charge is 0.362 e. The fourth-order valence-electron chi connectivity index (χ4n) is 3.86. The molecule has 2 aromatic carbocycles. The Hall–Kier alpha value is -3.70. The van der Waals surface area contributed by atoms with Gasteiger partial charge in [-0.15, -0.1) is 0 Å². The first kappa shape index (κ1) is 25.9. The average molecular weight is 496 g/mol. The molecule has 2 amide bonds. The minimum atomic E-state index is -4.71. The minimum absolute atomic E-state index is 0.0309. The lowest BCUT2D eigenvalue weighted by Crippen LogP contribution is -2.56. The number of rotatable bonds is 6. The first-order chi connectivity index (χ1) is 16.4. The number of hydrogen-bond donors (Lipinski definition) is 1. The van der Waals surface area contributed by atoms with Gasteiger partial charge in [0.05, 0.1) is 16.1 Å². The van der Waals surface area contributed by atoms with Crippen LogP contribution in [-0.4, -0.2) is 53.9 Å². The summed E-state index contributed by atoms with van der Waals surface area (Å²) in [6, 6.07) is 6.80. The molecule has 3 rings (SSSR count). The topological polar surface area (TPSA) is 95.8 Å². The summed E-state index contributed by atoms with van der Waals surface area (Å²) in [5, 5.41) is 14.0. The summed E-state index contributed by atoms with van der Waals surface area (Å²) in [5.41, 5.74) is -1.95. The van der Waals surface area contributed by atoms with Gasteiger partial charge >= 0.3 is 6.18 Å². The Morgan fingerprint density at radius 2 is 1.69 bits per heavy atom. The van der Waals surface area contributed by atoms with Gasteiger partial charge < -0.3 is 15.1 Å². The molecule has 1 saturated heterocycles. The number of nitro benzene ring substituents is 1. The van der Waals surface area contributed by atoms with Crippen LogP contribution in [-0.2, 0) is 11.0 Å². The third kappa shape index (κ3) is 5.87. The summed E-state index contributed by atoms with van der Waals surface area (Å²) in [4.78, 5) is 39.2. The number of amides is 2. The standard InChI is InChI=1S/C23H24F4N4O4/c1-14(2)20(28-21(32)16-5-3-4-6-17(16)24)22(33)30-11-9-29(10-12-30)18-8-7-15(23(25,26)27)13-19(18)31(34)35/h3-8,13-14,20H,9-12H2,1-2H3,(H,28,32). The molecule has 0 aromatic heterocycles. The Morgan fingerprint density at radius 1 is 1.06 bits per heavy atom. The van der Waals surface area contributed by atoms with E-state index in [0.717, 1.165) is 18.2 Å². The highest BCUT2D eigenvalue weighted by Crippen LogP contribution is 2.36. The van der Waals surface area contributed by atoms with E-state index in [1.54, 1.807) is 18.7 Å². The van der Waals surface area contributed by atoms with E-state index in [-0.39, 0.29) is 43.3 Å². The van der Waals surface area contributed by atoms with Crippen molar-refractivity contribution in [3.63, 3.8) is 0 Å². The molecule has 1 heterocycles. The number of benzene rings is 2. The minimum Gasteiger partial charge on any atom is -0.362 e. The zero-order chi connectivity index (χ0) is 25.9. The Labute approximate surface area is 198 Å². The van der Waals surface area contributed by atoms with Gasteiger partial charge in [-0.25, -0.2) is 4.39 Å². The van der Waals surface area contributed by atoms with Crippen molar-refractivity contribution in [2.45, 2.75) is 26.1 Å². The number of alkyl halides is 3. The molecule has 0 aliphatic carbocycles. The highest BCUT2D eigenvalue weighted by Gasteiger charge is 2.35. The molecule has 1 unspecified atom stereocenters. The van der Waals surface area contributed by atoms with Crippen LogP contribution in [0, 0.1) is 21.8 Å². The third-order valence-electron chi connectivity index (χ3n) is 5.77. The van der Waals surface area contributed by atoms with Gasteiger partial charge in [0.1, 0.15) is 17.5 Å². The summed E-state index contributed by atoms with van der Waals surface area (Å²) in [7, 11) is 0. The summed E-state index contributed by atoms with van der Waals surface area (Å²) in [6.45, 7) is 4.01. The maximum Gasteiger partial charge on any atom is 0.416 e. The van der Waals surface area contributed by atoms with Crippen molar-refractivity contribution in [2.24, 2.45) is 5.92 Å². The highest BCUT2D eigenvalue weighted by atomic mass is 19.4. The summed E-state index contributed by atoms with van der Waals surface area (Å²) < 4.78 is 52.9. The van der Waals surface area contributed by atoms with E-state index >= 15 is 0 Å². The molecule has 1 atom stereocenters. The second-order valence-electron chi connectivity index (χ2n) is 8.45. The number of hydrogen-bond acceptors (Lipinski definition) is 5. The van der Waals surface area contributed by atoms with Crippen LogP contribution in [0.1, 0.15) is 29.8 Å². The monoisotopic (exact) mass is 496 g/mol. The van der Waals surface area contributed by atoms with Crippen molar-refractivity contribution in [3.8, 4) is 0 Å². The van der Waals surface area contributed by atoms with Gasteiger partial charge in [0, 0.05) is 32.2 Å². The van der Waals surface area contributed by atoms with E-state index in [1.165, 1.54) is 23.1 Å². The average Bonchev–Trinajstić information content (AvgIpc) is 2.81. The second-order valence-corrected chi connectivity index (χ2v) is 8.45. The predicted molar refractivity (Wildman–Crippen MR) is 119 cm³/mol. The first-order valence-corrected chi connectivity index (χ1v) is 10.8. The molecule has 188 valence electrons. The van der Waals surface area contributed by atoms with Crippen LogP contribution >= 0.6 is 0 Å². The number of halogens is 4. The van der Waals surface area contributed by atoms with Gasteiger partial charge in [-0.2, -0.15) is 13.2 Å². The molecule has 1 N–H and O–H groups in total. The van der Waals surface area contributed by atoms with E-state index in [9.17, 15) is 37.3 Å². The lowest BCUT2D eigenvalue weighted by Gasteiger charge is -2.38. The van der Waals surface area contributed by atoms with Crippen molar-refractivity contribution in [1.29, 1.82) is 0 Å². The first-order valence-electron chi connectivity index (χ1n) is 10.8. The Bertz CT molecular complexity index is 1110. The molecule has 2 aromatic rings. The quantitative estimate of drug-likeness (QED) is 0.372. The Morgan fingerprint density at radius 3 is 2.23 bits per heavy atom. The maximum atomic E-state index is 14.0.